The average molecular weight is 555 g/mol. The molecule has 9 heteroatoms. The molecule has 0 amide bonds. The summed E-state index contributed by atoms with van der Waals surface area (Å²) in [6.07, 6.45) is -1.01. The smallest absolute Gasteiger partial charge is 0.308 e. The SMILES string of the molecule is CC(=O)C(F)(F)Cc1ccc(OCCS(=O)CCOC(c2ccc(Cl)cc2)c2ccc(Cl)cc2)cc1. The number of halogens is 4. The van der Waals surface area contributed by atoms with Gasteiger partial charge in [0.2, 0.25) is 0 Å². The highest BCUT2D eigenvalue weighted by Gasteiger charge is 2.34. The van der Waals surface area contributed by atoms with Gasteiger partial charge in [0.05, 0.1) is 19.0 Å². The van der Waals surface area contributed by atoms with Crippen molar-refractivity contribution in [1.82, 2.24) is 0 Å². The highest BCUT2D eigenvalue weighted by atomic mass is 35.5. The number of alkyl halides is 2. The first-order valence-electron chi connectivity index (χ1n) is 11.2. The standard InChI is InChI=1S/C27H26Cl2F2O4S/c1-19(32)27(30,31)18-20-2-12-25(13-3-20)34-14-16-36(33)17-15-35-26(21-4-8-23(28)9-5-21)22-6-10-24(29)11-7-22/h2-13,26H,14-18H2,1H3. The minimum absolute atomic E-state index is 0.202. The minimum Gasteiger partial charge on any atom is -0.493 e. The molecular formula is C27H26Cl2F2O4S. The van der Waals surface area contributed by atoms with Crippen LogP contribution in [0.2, 0.25) is 10.0 Å². The van der Waals surface area contributed by atoms with Crippen molar-refractivity contribution in [2.75, 3.05) is 24.7 Å². The Kier molecular flexibility index (Phi) is 10.4. The van der Waals surface area contributed by atoms with E-state index in [-0.39, 0.29) is 19.3 Å². The number of rotatable bonds is 13. The summed E-state index contributed by atoms with van der Waals surface area (Å²) in [6.45, 7) is 1.34. The Balaban J connectivity index is 1.46. The van der Waals surface area contributed by atoms with Crippen molar-refractivity contribution in [1.29, 1.82) is 0 Å². The summed E-state index contributed by atoms with van der Waals surface area (Å²) < 4.78 is 51.3. The number of Topliss-reactive ketones (excluding diaryl/α,β-unsaturated/α-hetero) is 1. The highest BCUT2D eigenvalue weighted by Crippen LogP contribution is 2.28. The van der Waals surface area contributed by atoms with Crippen LogP contribution in [0.1, 0.15) is 29.7 Å². The molecular weight excluding hydrogens is 529 g/mol. The van der Waals surface area contributed by atoms with Crippen LogP contribution in [0.15, 0.2) is 72.8 Å². The second-order valence-corrected chi connectivity index (χ2v) is 10.7. The van der Waals surface area contributed by atoms with Crippen LogP contribution in [0.3, 0.4) is 0 Å². The van der Waals surface area contributed by atoms with Gasteiger partial charge in [0.1, 0.15) is 11.9 Å². The lowest BCUT2D eigenvalue weighted by atomic mass is 10.0. The normalized spacial score (nSPS) is 12.5. The summed E-state index contributed by atoms with van der Waals surface area (Å²) >= 11 is 12.0. The Morgan fingerprint density at radius 2 is 1.36 bits per heavy atom. The molecule has 1 atom stereocenters. The average Bonchev–Trinajstić information content (AvgIpc) is 2.84. The Labute approximate surface area is 222 Å². The van der Waals surface area contributed by atoms with Crippen LogP contribution in [0.4, 0.5) is 8.78 Å². The summed E-state index contributed by atoms with van der Waals surface area (Å²) in [7, 11) is -1.18. The molecule has 0 radical (unpaired) electrons. The van der Waals surface area contributed by atoms with Gasteiger partial charge in [0, 0.05) is 39.9 Å². The topological polar surface area (TPSA) is 52.6 Å². The first-order valence-corrected chi connectivity index (χ1v) is 13.5. The number of carbonyl (C=O) groups excluding carboxylic acids is 1. The lowest BCUT2D eigenvalue weighted by Crippen LogP contribution is -2.28. The number of hydrogen-bond donors (Lipinski definition) is 0. The van der Waals surface area contributed by atoms with E-state index in [0.29, 0.717) is 32.9 Å². The third-order valence-electron chi connectivity index (χ3n) is 5.39. The fraction of sp³-hybridized carbons (Fsp3) is 0.296. The molecule has 0 aromatic heterocycles. The molecule has 4 nitrogen and oxygen atoms in total. The van der Waals surface area contributed by atoms with Crippen molar-refractivity contribution >= 4 is 39.8 Å². The van der Waals surface area contributed by atoms with Gasteiger partial charge in [-0.15, -0.1) is 0 Å². The molecule has 36 heavy (non-hydrogen) atoms. The van der Waals surface area contributed by atoms with E-state index in [4.69, 9.17) is 32.7 Å². The largest absolute Gasteiger partial charge is 0.493 e. The zero-order chi connectivity index (χ0) is 26.1. The number of hydrogen-bond acceptors (Lipinski definition) is 4. The second kappa shape index (κ2) is 13.3. The van der Waals surface area contributed by atoms with E-state index in [9.17, 15) is 17.8 Å². The van der Waals surface area contributed by atoms with Gasteiger partial charge in [-0.2, -0.15) is 8.78 Å². The number of benzene rings is 3. The lowest BCUT2D eigenvalue weighted by Gasteiger charge is -2.19. The van der Waals surface area contributed by atoms with Crippen LogP contribution in [0.5, 0.6) is 5.75 Å². The van der Waals surface area contributed by atoms with Crippen molar-refractivity contribution in [3.05, 3.63) is 99.5 Å². The lowest BCUT2D eigenvalue weighted by molar-refractivity contribution is -0.140. The van der Waals surface area contributed by atoms with Crippen LogP contribution in [-0.4, -0.2) is 40.6 Å². The van der Waals surface area contributed by atoms with Gasteiger partial charge < -0.3 is 9.47 Å². The van der Waals surface area contributed by atoms with E-state index >= 15 is 0 Å². The molecule has 0 aliphatic carbocycles. The third kappa shape index (κ3) is 8.66. The maximum absolute atomic E-state index is 13.6. The van der Waals surface area contributed by atoms with Gasteiger partial charge in [-0.3, -0.25) is 9.00 Å². The molecule has 3 aromatic carbocycles. The zero-order valence-electron chi connectivity index (χ0n) is 19.6. The molecule has 0 heterocycles. The fourth-order valence-electron chi connectivity index (χ4n) is 3.36. The minimum atomic E-state index is -3.39. The number of ketones is 1. The van der Waals surface area contributed by atoms with E-state index in [2.05, 4.69) is 0 Å². The van der Waals surface area contributed by atoms with Crippen molar-refractivity contribution in [2.45, 2.75) is 25.4 Å². The molecule has 0 spiro atoms. The van der Waals surface area contributed by atoms with Crippen molar-refractivity contribution in [3.63, 3.8) is 0 Å². The molecule has 1 unspecified atom stereocenters. The molecule has 192 valence electrons. The van der Waals surface area contributed by atoms with Crippen LogP contribution >= 0.6 is 23.2 Å². The highest BCUT2D eigenvalue weighted by molar-refractivity contribution is 7.85. The van der Waals surface area contributed by atoms with E-state index in [1.165, 1.54) is 12.1 Å². The van der Waals surface area contributed by atoms with Crippen LogP contribution in [0, 0.1) is 0 Å². The van der Waals surface area contributed by atoms with Gasteiger partial charge in [0.25, 0.3) is 0 Å². The van der Waals surface area contributed by atoms with E-state index < -0.39 is 28.9 Å². The quantitative estimate of drug-likeness (QED) is 0.236. The van der Waals surface area contributed by atoms with Gasteiger partial charge in [-0.1, -0.05) is 59.6 Å². The number of ether oxygens (including phenoxy) is 2. The zero-order valence-corrected chi connectivity index (χ0v) is 21.9. The van der Waals surface area contributed by atoms with E-state index in [1.54, 1.807) is 36.4 Å². The Morgan fingerprint density at radius 1 is 0.861 bits per heavy atom. The predicted octanol–water partition coefficient (Wildman–Crippen LogP) is 6.69. The van der Waals surface area contributed by atoms with Crippen LogP contribution in [0.25, 0.3) is 0 Å². The molecule has 0 aliphatic heterocycles. The fourth-order valence-corrected chi connectivity index (χ4v) is 4.37. The Bertz CT molecular complexity index is 1110. The van der Waals surface area contributed by atoms with Crippen molar-refractivity contribution in [3.8, 4) is 5.75 Å². The van der Waals surface area contributed by atoms with Crippen LogP contribution < -0.4 is 4.74 Å². The first kappa shape index (κ1) is 28.3. The van der Waals surface area contributed by atoms with Gasteiger partial charge in [0.15, 0.2) is 5.78 Å². The maximum atomic E-state index is 13.6. The van der Waals surface area contributed by atoms with Gasteiger partial charge in [-0.25, -0.2) is 0 Å². The predicted molar refractivity (Wildman–Crippen MR) is 140 cm³/mol. The first-order chi connectivity index (χ1) is 17.1. The summed E-state index contributed by atoms with van der Waals surface area (Å²) in [4.78, 5) is 11.0. The summed E-state index contributed by atoms with van der Waals surface area (Å²) in [5, 5.41) is 1.25. The van der Waals surface area contributed by atoms with Crippen LogP contribution in [-0.2, 0) is 26.8 Å². The summed E-state index contributed by atoms with van der Waals surface area (Å²) in [5.74, 6) is -3.47. The molecule has 0 saturated heterocycles. The van der Waals surface area contributed by atoms with Gasteiger partial charge >= 0.3 is 5.92 Å². The van der Waals surface area contributed by atoms with E-state index in [0.717, 1.165) is 18.1 Å². The Hall–Kier alpha value is -2.32. The molecule has 0 N–H and O–H groups in total. The number of carbonyl (C=O) groups is 1. The van der Waals surface area contributed by atoms with Crippen molar-refractivity contribution < 1.29 is 27.3 Å². The van der Waals surface area contributed by atoms with Crippen molar-refractivity contribution in [2.24, 2.45) is 0 Å². The maximum Gasteiger partial charge on any atom is 0.308 e. The van der Waals surface area contributed by atoms with E-state index in [1.807, 2.05) is 24.3 Å². The molecule has 3 aromatic rings. The molecule has 0 fully saturated rings. The summed E-state index contributed by atoms with van der Waals surface area (Å²) in [6, 6.07) is 20.8. The third-order valence-corrected chi connectivity index (χ3v) is 7.13. The molecule has 0 bridgehead atoms. The monoisotopic (exact) mass is 554 g/mol. The molecule has 0 aliphatic rings. The molecule has 3 rings (SSSR count). The molecule has 0 saturated carbocycles. The Morgan fingerprint density at radius 3 is 1.86 bits per heavy atom. The van der Waals surface area contributed by atoms with Gasteiger partial charge in [-0.05, 0) is 53.1 Å². The second-order valence-electron chi connectivity index (χ2n) is 8.13. The summed E-state index contributed by atoms with van der Waals surface area (Å²) in [5.41, 5.74) is 2.17.